The third-order valence-electron chi connectivity index (χ3n) is 2.52. The van der Waals surface area contributed by atoms with Crippen LogP contribution in [0.5, 0.6) is 5.88 Å². The third-order valence-corrected chi connectivity index (χ3v) is 2.52. The first-order valence-corrected chi connectivity index (χ1v) is 6.01. The molecular weight excluding hydrogens is 269 g/mol. The van der Waals surface area contributed by atoms with Crippen molar-refractivity contribution in [1.82, 2.24) is 4.98 Å². The van der Waals surface area contributed by atoms with E-state index in [0.717, 1.165) is 24.0 Å². The molecule has 1 heterocycles. The number of anilines is 1. The lowest BCUT2D eigenvalue weighted by Gasteiger charge is -2.10. The minimum absolute atomic E-state index is 0.0327. The Morgan fingerprint density at radius 1 is 1.10 bits per heavy atom. The van der Waals surface area contributed by atoms with Crippen molar-refractivity contribution in [2.45, 2.75) is 6.18 Å². The van der Waals surface area contributed by atoms with Crippen molar-refractivity contribution in [3.63, 3.8) is 0 Å². The van der Waals surface area contributed by atoms with Crippen LogP contribution in [0.15, 0.2) is 48.7 Å². The number of nitrogens with one attached hydrogen (secondary N) is 1. The van der Waals surface area contributed by atoms with E-state index >= 15 is 0 Å². The summed E-state index contributed by atoms with van der Waals surface area (Å²) < 4.78 is 42.6. The molecule has 0 aliphatic heterocycles. The van der Waals surface area contributed by atoms with Crippen molar-refractivity contribution in [2.75, 3.05) is 18.5 Å². The second-order valence-electron chi connectivity index (χ2n) is 4.02. The van der Waals surface area contributed by atoms with Gasteiger partial charge in [0, 0.05) is 24.5 Å². The number of halogens is 3. The van der Waals surface area contributed by atoms with Crippen LogP contribution in [0.25, 0.3) is 0 Å². The topological polar surface area (TPSA) is 34.1 Å². The highest BCUT2D eigenvalue weighted by molar-refractivity contribution is 5.42. The Morgan fingerprint density at radius 2 is 1.85 bits per heavy atom. The van der Waals surface area contributed by atoms with Gasteiger partial charge in [-0.1, -0.05) is 18.2 Å². The molecule has 6 heteroatoms. The van der Waals surface area contributed by atoms with Gasteiger partial charge in [-0.2, -0.15) is 13.2 Å². The lowest BCUT2D eigenvalue weighted by Crippen LogP contribution is -2.12. The second-order valence-corrected chi connectivity index (χ2v) is 4.02. The maximum atomic E-state index is 12.5. The summed E-state index contributed by atoms with van der Waals surface area (Å²) >= 11 is 0. The summed E-state index contributed by atoms with van der Waals surface area (Å²) in [7, 11) is 0. The van der Waals surface area contributed by atoms with Crippen LogP contribution in [0.3, 0.4) is 0 Å². The SMILES string of the molecule is FC(F)(F)c1ccnc(OCCNc2ccccc2)c1. The smallest absolute Gasteiger partial charge is 0.416 e. The van der Waals surface area contributed by atoms with Gasteiger partial charge in [0.25, 0.3) is 0 Å². The van der Waals surface area contributed by atoms with E-state index in [2.05, 4.69) is 10.3 Å². The summed E-state index contributed by atoms with van der Waals surface area (Å²) in [5.74, 6) is -0.0327. The van der Waals surface area contributed by atoms with Crippen LogP contribution in [0.2, 0.25) is 0 Å². The van der Waals surface area contributed by atoms with Crippen LogP contribution in [0.4, 0.5) is 18.9 Å². The quantitative estimate of drug-likeness (QED) is 0.851. The highest BCUT2D eigenvalue weighted by Gasteiger charge is 2.30. The van der Waals surface area contributed by atoms with Crippen LogP contribution >= 0.6 is 0 Å². The Bertz CT molecular complexity index is 544. The maximum Gasteiger partial charge on any atom is 0.416 e. The molecule has 1 N–H and O–H groups in total. The summed E-state index contributed by atoms with van der Waals surface area (Å²) in [5.41, 5.74) is 0.159. The summed E-state index contributed by atoms with van der Waals surface area (Å²) in [5, 5.41) is 3.08. The number of hydrogen-bond donors (Lipinski definition) is 1. The summed E-state index contributed by atoms with van der Waals surface area (Å²) in [6.07, 6.45) is -3.30. The van der Waals surface area contributed by atoms with Crippen molar-refractivity contribution >= 4 is 5.69 Å². The first kappa shape index (κ1) is 14.2. The highest BCUT2D eigenvalue weighted by atomic mass is 19.4. The Hall–Kier alpha value is -2.24. The first-order valence-electron chi connectivity index (χ1n) is 6.01. The molecule has 0 spiro atoms. The normalized spacial score (nSPS) is 11.2. The highest BCUT2D eigenvalue weighted by Crippen LogP contribution is 2.30. The van der Waals surface area contributed by atoms with Crippen molar-refractivity contribution < 1.29 is 17.9 Å². The van der Waals surface area contributed by atoms with E-state index in [1.165, 1.54) is 0 Å². The lowest BCUT2D eigenvalue weighted by molar-refractivity contribution is -0.137. The molecule has 0 atom stereocenters. The average Bonchev–Trinajstić information content (AvgIpc) is 2.44. The van der Waals surface area contributed by atoms with E-state index in [9.17, 15) is 13.2 Å². The molecule has 0 saturated heterocycles. The summed E-state index contributed by atoms with van der Waals surface area (Å²) in [6, 6.07) is 11.3. The molecule has 106 valence electrons. The average molecular weight is 282 g/mol. The van der Waals surface area contributed by atoms with E-state index in [-0.39, 0.29) is 12.5 Å². The van der Waals surface area contributed by atoms with Gasteiger partial charge in [0.2, 0.25) is 5.88 Å². The minimum Gasteiger partial charge on any atom is -0.476 e. The van der Waals surface area contributed by atoms with Gasteiger partial charge >= 0.3 is 6.18 Å². The molecule has 2 rings (SSSR count). The van der Waals surface area contributed by atoms with Gasteiger partial charge in [0.05, 0.1) is 5.56 Å². The van der Waals surface area contributed by atoms with Crippen LogP contribution in [0.1, 0.15) is 5.56 Å². The van der Waals surface area contributed by atoms with Crippen LogP contribution < -0.4 is 10.1 Å². The van der Waals surface area contributed by atoms with E-state index < -0.39 is 11.7 Å². The number of nitrogens with zero attached hydrogens (tertiary/aromatic N) is 1. The molecule has 2 aromatic rings. The zero-order valence-corrected chi connectivity index (χ0v) is 10.5. The van der Waals surface area contributed by atoms with Gasteiger partial charge in [-0.25, -0.2) is 4.98 Å². The van der Waals surface area contributed by atoms with E-state index in [1.54, 1.807) is 0 Å². The predicted molar refractivity (Wildman–Crippen MR) is 69.7 cm³/mol. The molecule has 20 heavy (non-hydrogen) atoms. The Labute approximate surface area is 114 Å². The number of aromatic nitrogens is 1. The lowest BCUT2D eigenvalue weighted by atomic mass is 10.2. The molecule has 1 aromatic carbocycles. The Balaban J connectivity index is 1.83. The van der Waals surface area contributed by atoms with Crippen molar-refractivity contribution in [3.8, 4) is 5.88 Å². The maximum absolute atomic E-state index is 12.5. The number of rotatable bonds is 5. The van der Waals surface area contributed by atoms with E-state index in [0.29, 0.717) is 6.54 Å². The summed E-state index contributed by atoms with van der Waals surface area (Å²) in [4.78, 5) is 3.75. The Kier molecular flexibility index (Phi) is 4.45. The fraction of sp³-hybridized carbons (Fsp3) is 0.214. The first-order chi connectivity index (χ1) is 9.55. The van der Waals surface area contributed by atoms with Gasteiger partial charge in [0.15, 0.2) is 0 Å². The van der Waals surface area contributed by atoms with E-state index in [4.69, 9.17) is 4.74 Å². The molecule has 0 bridgehead atoms. The van der Waals surface area contributed by atoms with E-state index in [1.807, 2.05) is 30.3 Å². The number of hydrogen-bond acceptors (Lipinski definition) is 3. The molecule has 3 nitrogen and oxygen atoms in total. The van der Waals surface area contributed by atoms with Crippen LogP contribution in [0, 0.1) is 0 Å². The molecule has 1 aromatic heterocycles. The minimum atomic E-state index is -4.39. The summed E-state index contributed by atoms with van der Waals surface area (Å²) in [6.45, 7) is 0.700. The fourth-order valence-electron chi connectivity index (χ4n) is 1.57. The molecule has 0 fully saturated rings. The van der Waals surface area contributed by atoms with Gasteiger partial charge < -0.3 is 10.1 Å². The fourth-order valence-corrected chi connectivity index (χ4v) is 1.57. The van der Waals surface area contributed by atoms with Crippen LogP contribution in [-0.2, 0) is 6.18 Å². The molecule has 0 radical (unpaired) electrons. The number of para-hydroxylation sites is 1. The molecule has 0 amide bonds. The molecule has 0 unspecified atom stereocenters. The molecular formula is C14H13F3N2O. The van der Waals surface area contributed by atoms with Crippen molar-refractivity contribution in [1.29, 1.82) is 0 Å². The van der Waals surface area contributed by atoms with Crippen molar-refractivity contribution in [3.05, 3.63) is 54.2 Å². The number of benzene rings is 1. The standard InChI is InChI=1S/C14H13F3N2O/c15-14(16,17)11-6-7-19-13(10-11)20-9-8-18-12-4-2-1-3-5-12/h1-7,10,18H,8-9H2. The molecule has 0 saturated carbocycles. The van der Waals surface area contributed by atoms with Crippen LogP contribution in [-0.4, -0.2) is 18.1 Å². The number of pyridine rings is 1. The third kappa shape index (κ3) is 4.15. The molecule has 0 aliphatic carbocycles. The van der Waals surface area contributed by atoms with Gasteiger partial charge in [-0.3, -0.25) is 0 Å². The monoisotopic (exact) mass is 282 g/mol. The van der Waals surface area contributed by atoms with Gasteiger partial charge in [-0.15, -0.1) is 0 Å². The van der Waals surface area contributed by atoms with Gasteiger partial charge in [-0.05, 0) is 18.2 Å². The zero-order chi connectivity index (χ0) is 14.4. The zero-order valence-electron chi connectivity index (χ0n) is 10.5. The van der Waals surface area contributed by atoms with Crippen molar-refractivity contribution in [2.24, 2.45) is 0 Å². The Morgan fingerprint density at radius 3 is 2.55 bits per heavy atom. The number of ether oxygens (including phenoxy) is 1. The predicted octanol–water partition coefficient (Wildman–Crippen LogP) is 3.59. The molecule has 0 aliphatic rings. The van der Waals surface area contributed by atoms with Gasteiger partial charge in [0.1, 0.15) is 6.61 Å². The number of alkyl halides is 3. The largest absolute Gasteiger partial charge is 0.476 e. The second kappa shape index (κ2) is 6.27.